The van der Waals surface area contributed by atoms with Crippen molar-refractivity contribution in [3.63, 3.8) is 0 Å². The standard InChI is InChI=1S/C31H23FN2O5/c1-36-23-7-4-6-20(15-23)31(35)38-24-13-14-25-28(16-24)39-30(34)26(17-33)29(25)19-9-11-22(12-10-19)37-18-21-5-2-3-8-27(21)32/h2-16,29H,18,34H2,1H3. The SMILES string of the molecule is COc1cccc(C(=O)Oc2ccc3c(c2)OC(N)=C(C#N)C3c2ccc(OCc3ccccc3F)cc2)c1. The second-order valence-corrected chi connectivity index (χ2v) is 8.70. The first kappa shape index (κ1) is 25.4. The Morgan fingerprint density at radius 3 is 2.49 bits per heavy atom. The summed E-state index contributed by atoms with van der Waals surface area (Å²) in [4.78, 5) is 12.7. The number of nitrogens with zero attached hydrogens (tertiary/aromatic N) is 1. The van der Waals surface area contributed by atoms with Gasteiger partial charge in [-0.1, -0.05) is 42.5 Å². The molecular formula is C31H23FN2O5. The van der Waals surface area contributed by atoms with Crippen LogP contribution in [0.1, 0.15) is 33.0 Å². The van der Waals surface area contributed by atoms with Gasteiger partial charge in [0, 0.05) is 17.2 Å². The van der Waals surface area contributed by atoms with E-state index in [0.29, 0.717) is 33.9 Å². The summed E-state index contributed by atoms with van der Waals surface area (Å²) >= 11 is 0. The fourth-order valence-corrected chi connectivity index (χ4v) is 4.29. The molecule has 194 valence electrons. The van der Waals surface area contributed by atoms with Gasteiger partial charge in [0.2, 0.25) is 5.88 Å². The molecule has 0 fully saturated rings. The van der Waals surface area contributed by atoms with Crippen LogP contribution in [-0.2, 0) is 6.61 Å². The van der Waals surface area contributed by atoms with Crippen LogP contribution in [0.2, 0.25) is 0 Å². The van der Waals surface area contributed by atoms with Crippen LogP contribution in [-0.4, -0.2) is 13.1 Å². The van der Waals surface area contributed by atoms with E-state index >= 15 is 0 Å². The Kier molecular flexibility index (Phi) is 7.15. The van der Waals surface area contributed by atoms with Gasteiger partial charge in [-0.2, -0.15) is 5.26 Å². The normalized spacial score (nSPS) is 14.0. The van der Waals surface area contributed by atoms with Gasteiger partial charge in [0.25, 0.3) is 0 Å². The van der Waals surface area contributed by atoms with Crippen molar-refractivity contribution in [2.24, 2.45) is 5.73 Å². The molecule has 0 amide bonds. The monoisotopic (exact) mass is 522 g/mol. The molecule has 0 radical (unpaired) electrons. The van der Waals surface area contributed by atoms with Gasteiger partial charge in [-0.3, -0.25) is 0 Å². The maximum atomic E-state index is 13.9. The summed E-state index contributed by atoms with van der Waals surface area (Å²) in [5.41, 5.74) is 8.61. The van der Waals surface area contributed by atoms with Crippen molar-refractivity contribution in [1.29, 1.82) is 5.26 Å². The van der Waals surface area contributed by atoms with Gasteiger partial charge in [0.1, 0.15) is 47.1 Å². The zero-order valence-electron chi connectivity index (χ0n) is 20.9. The number of esters is 1. The average molecular weight is 523 g/mol. The van der Waals surface area contributed by atoms with Gasteiger partial charge in [0.15, 0.2) is 0 Å². The first-order valence-electron chi connectivity index (χ1n) is 12.0. The summed E-state index contributed by atoms with van der Waals surface area (Å²) in [5, 5.41) is 9.84. The van der Waals surface area contributed by atoms with Crippen molar-refractivity contribution in [2.45, 2.75) is 12.5 Å². The zero-order chi connectivity index (χ0) is 27.4. The van der Waals surface area contributed by atoms with Crippen LogP contribution in [0, 0.1) is 17.1 Å². The average Bonchev–Trinajstić information content (AvgIpc) is 2.96. The number of rotatable bonds is 7. The van der Waals surface area contributed by atoms with Crippen LogP contribution in [0.3, 0.4) is 0 Å². The highest BCUT2D eigenvalue weighted by Crippen LogP contribution is 2.43. The summed E-state index contributed by atoms with van der Waals surface area (Å²) in [6, 6.07) is 27.3. The van der Waals surface area contributed by atoms with E-state index in [9.17, 15) is 14.4 Å². The molecule has 5 rings (SSSR count). The lowest BCUT2D eigenvalue weighted by molar-refractivity contribution is 0.0734. The van der Waals surface area contributed by atoms with E-state index < -0.39 is 11.9 Å². The number of hydrogen-bond acceptors (Lipinski definition) is 7. The Bertz CT molecular complexity index is 1610. The molecule has 0 saturated carbocycles. The number of methoxy groups -OCH3 is 1. The van der Waals surface area contributed by atoms with Crippen LogP contribution >= 0.6 is 0 Å². The van der Waals surface area contributed by atoms with Crippen LogP contribution in [0.25, 0.3) is 0 Å². The maximum absolute atomic E-state index is 13.9. The minimum atomic E-state index is -0.562. The summed E-state index contributed by atoms with van der Waals surface area (Å²) in [6.07, 6.45) is 0. The van der Waals surface area contributed by atoms with Gasteiger partial charge in [0.05, 0.1) is 18.6 Å². The molecule has 7 nitrogen and oxygen atoms in total. The number of ether oxygens (including phenoxy) is 4. The van der Waals surface area contributed by atoms with Gasteiger partial charge < -0.3 is 24.7 Å². The largest absolute Gasteiger partial charge is 0.497 e. The molecule has 8 heteroatoms. The number of benzene rings is 4. The van der Waals surface area contributed by atoms with Crippen molar-refractivity contribution in [3.8, 4) is 29.1 Å². The first-order valence-corrected chi connectivity index (χ1v) is 12.0. The number of halogens is 1. The number of fused-ring (bicyclic) bond motifs is 1. The molecule has 0 aliphatic carbocycles. The number of carbonyl (C=O) groups excluding carboxylic acids is 1. The topological polar surface area (TPSA) is 104 Å². The molecule has 1 aliphatic rings. The van der Waals surface area contributed by atoms with E-state index in [1.807, 2.05) is 12.1 Å². The van der Waals surface area contributed by atoms with Gasteiger partial charge in [-0.25, -0.2) is 9.18 Å². The predicted octanol–water partition coefficient (Wildman–Crippen LogP) is 5.85. The van der Waals surface area contributed by atoms with Gasteiger partial charge >= 0.3 is 5.97 Å². The zero-order valence-corrected chi connectivity index (χ0v) is 20.9. The van der Waals surface area contributed by atoms with Crippen LogP contribution in [0.4, 0.5) is 4.39 Å². The van der Waals surface area contributed by atoms with Crippen molar-refractivity contribution >= 4 is 5.97 Å². The Labute approximate surface area is 224 Å². The number of nitriles is 1. The molecule has 0 aromatic heterocycles. The molecule has 0 saturated heterocycles. The molecule has 0 spiro atoms. The quantitative estimate of drug-likeness (QED) is 0.240. The van der Waals surface area contributed by atoms with Crippen molar-refractivity contribution in [3.05, 3.63) is 131 Å². The Morgan fingerprint density at radius 1 is 0.974 bits per heavy atom. The first-order chi connectivity index (χ1) is 19.0. The van der Waals surface area contributed by atoms with E-state index in [4.69, 9.17) is 24.7 Å². The third kappa shape index (κ3) is 5.38. The summed E-state index contributed by atoms with van der Waals surface area (Å²) in [6.45, 7) is 0.0830. The molecule has 1 heterocycles. The molecule has 4 aromatic rings. The van der Waals surface area contributed by atoms with Crippen LogP contribution in [0.15, 0.2) is 102 Å². The van der Waals surface area contributed by atoms with Crippen molar-refractivity contribution < 1.29 is 28.1 Å². The number of allylic oxidation sites excluding steroid dienone is 1. The van der Waals surface area contributed by atoms with E-state index in [1.165, 1.54) is 13.2 Å². The second kappa shape index (κ2) is 11.0. The Morgan fingerprint density at radius 2 is 1.74 bits per heavy atom. The van der Waals surface area contributed by atoms with E-state index in [0.717, 1.165) is 5.56 Å². The molecule has 1 unspecified atom stereocenters. The van der Waals surface area contributed by atoms with E-state index in [2.05, 4.69) is 6.07 Å². The van der Waals surface area contributed by atoms with Crippen LogP contribution in [0.5, 0.6) is 23.0 Å². The third-order valence-corrected chi connectivity index (χ3v) is 6.27. The smallest absolute Gasteiger partial charge is 0.343 e. The molecule has 2 N–H and O–H groups in total. The minimum Gasteiger partial charge on any atom is -0.497 e. The molecule has 0 bridgehead atoms. The summed E-state index contributed by atoms with van der Waals surface area (Å²) in [5.74, 6) is 0.261. The molecule has 1 atom stereocenters. The Balaban J connectivity index is 1.38. The van der Waals surface area contributed by atoms with E-state index in [-0.39, 0.29) is 29.6 Å². The highest BCUT2D eigenvalue weighted by molar-refractivity contribution is 5.91. The van der Waals surface area contributed by atoms with Crippen LogP contribution < -0.4 is 24.7 Å². The molecule has 4 aromatic carbocycles. The molecule has 39 heavy (non-hydrogen) atoms. The number of carbonyl (C=O) groups is 1. The predicted molar refractivity (Wildman–Crippen MR) is 141 cm³/mol. The molecular weight excluding hydrogens is 499 g/mol. The highest BCUT2D eigenvalue weighted by atomic mass is 19.1. The van der Waals surface area contributed by atoms with Crippen molar-refractivity contribution in [2.75, 3.05) is 7.11 Å². The lowest BCUT2D eigenvalue weighted by Crippen LogP contribution is -2.21. The van der Waals surface area contributed by atoms with Crippen molar-refractivity contribution in [1.82, 2.24) is 0 Å². The lowest BCUT2D eigenvalue weighted by atomic mass is 9.83. The molecule has 1 aliphatic heterocycles. The third-order valence-electron chi connectivity index (χ3n) is 6.27. The summed E-state index contributed by atoms with van der Waals surface area (Å²) in [7, 11) is 1.52. The number of hydrogen-bond donors (Lipinski definition) is 1. The second-order valence-electron chi connectivity index (χ2n) is 8.70. The summed E-state index contributed by atoms with van der Waals surface area (Å²) < 4.78 is 36.1. The minimum absolute atomic E-state index is 0.0360. The maximum Gasteiger partial charge on any atom is 0.343 e. The lowest BCUT2D eigenvalue weighted by Gasteiger charge is -2.26. The Hall–Kier alpha value is -5.29. The number of nitrogens with two attached hydrogens (primary N) is 1. The fraction of sp³-hybridized carbons (Fsp3) is 0.0968. The fourth-order valence-electron chi connectivity index (χ4n) is 4.29. The van der Waals surface area contributed by atoms with Gasteiger partial charge in [-0.05, 0) is 48.0 Å². The highest BCUT2D eigenvalue weighted by Gasteiger charge is 2.31. The van der Waals surface area contributed by atoms with Gasteiger partial charge in [-0.15, -0.1) is 0 Å². The van der Waals surface area contributed by atoms with E-state index in [1.54, 1.807) is 72.8 Å².